The molecule has 0 bridgehead atoms. The number of aliphatic carboxylic acids is 1. The van der Waals surface area contributed by atoms with Gasteiger partial charge in [0.15, 0.2) is 5.82 Å². The average molecular weight is 266 g/mol. The molecule has 2 rings (SSSR count). The van der Waals surface area contributed by atoms with Gasteiger partial charge in [-0.2, -0.15) is 4.98 Å². The van der Waals surface area contributed by atoms with Gasteiger partial charge in [-0.05, 0) is 18.3 Å². The Labute approximate surface area is 113 Å². The lowest BCUT2D eigenvalue weighted by molar-refractivity contribution is -0.139. The molecule has 0 unspecified atom stereocenters. The topological polar surface area (TPSA) is 76.2 Å². The minimum absolute atomic E-state index is 0.105. The number of carbonyl (C=O) groups is 1. The van der Waals surface area contributed by atoms with E-state index in [1.807, 2.05) is 13.8 Å². The first kappa shape index (κ1) is 14.0. The van der Waals surface area contributed by atoms with Crippen molar-refractivity contribution in [3.63, 3.8) is 0 Å². The molecule has 1 heterocycles. The van der Waals surface area contributed by atoms with E-state index in [1.54, 1.807) is 0 Å². The second-order valence-corrected chi connectivity index (χ2v) is 6.29. The molecule has 1 aromatic rings. The Balaban J connectivity index is 1.98. The van der Waals surface area contributed by atoms with Gasteiger partial charge in [0, 0.05) is 12.3 Å². The van der Waals surface area contributed by atoms with Gasteiger partial charge in [-0.1, -0.05) is 38.3 Å². The summed E-state index contributed by atoms with van der Waals surface area (Å²) in [5, 5.41) is 12.9. The monoisotopic (exact) mass is 266 g/mol. The van der Waals surface area contributed by atoms with Crippen molar-refractivity contribution in [1.82, 2.24) is 10.1 Å². The predicted molar refractivity (Wildman–Crippen MR) is 69.9 cm³/mol. The largest absolute Gasteiger partial charge is 0.481 e. The van der Waals surface area contributed by atoms with Crippen LogP contribution in [-0.4, -0.2) is 21.2 Å². The molecule has 5 nitrogen and oxygen atoms in total. The summed E-state index contributed by atoms with van der Waals surface area (Å²) < 4.78 is 5.28. The second-order valence-electron chi connectivity index (χ2n) is 6.29. The first-order valence-corrected chi connectivity index (χ1v) is 7.00. The standard InChI is InChI=1S/C14H22N2O3/c1-14(2,9-12(17)18)8-11-15-13(16-19-11)10-6-4-3-5-7-10/h10H,3-9H2,1-2H3,(H,17,18). The van der Waals surface area contributed by atoms with E-state index < -0.39 is 5.97 Å². The predicted octanol–water partition coefficient (Wildman–Crippen LogP) is 3.16. The fraction of sp³-hybridized carbons (Fsp3) is 0.786. The van der Waals surface area contributed by atoms with Gasteiger partial charge in [0.1, 0.15) is 0 Å². The SMILES string of the molecule is CC(C)(CC(=O)O)Cc1nc(C2CCCCC2)no1. The Morgan fingerprint density at radius 1 is 1.37 bits per heavy atom. The van der Waals surface area contributed by atoms with Crippen molar-refractivity contribution < 1.29 is 14.4 Å². The van der Waals surface area contributed by atoms with Gasteiger partial charge in [0.05, 0.1) is 6.42 Å². The molecule has 1 aliphatic carbocycles. The van der Waals surface area contributed by atoms with Crippen molar-refractivity contribution in [2.75, 3.05) is 0 Å². The molecule has 106 valence electrons. The van der Waals surface area contributed by atoms with E-state index in [1.165, 1.54) is 19.3 Å². The van der Waals surface area contributed by atoms with Crippen molar-refractivity contribution in [2.24, 2.45) is 5.41 Å². The van der Waals surface area contributed by atoms with E-state index >= 15 is 0 Å². The summed E-state index contributed by atoms with van der Waals surface area (Å²) in [6.45, 7) is 3.82. The molecule has 1 aliphatic rings. The molecule has 19 heavy (non-hydrogen) atoms. The number of rotatable bonds is 5. The molecule has 0 spiro atoms. The smallest absolute Gasteiger partial charge is 0.303 e. The molecule has 1 N–H and O–H groups in total. The first-order valence-electron chi connectivity index (χ1n) is 7.00. The van der Waals surface area contributed by atoms with Crippen LogP contribution >= 0.6 is 0 Å². The maximum absolute atomic E-state index is 10.8. The minimum Gasteiger partial charge on any atom is -0.481 e. The number of carboxylic acids is 1. The molecule has 5 heteroatoms. The van der Waals surface area contributed by atoms with Crippen molar-refractivity contribution in [1.29, 1.82) is 0 Å². The van der Waals surface area contributed by atoms with Gasteiger partial charge in [-0.3, -0.25) is 4.79 Å². The molecule has 0 radical (unpaired) electrons. The molecule has 0 aliphatic heterocycles. The van der Waals surface area contributed by atoms with E-state index in [0.29, 0.717) is 18.2 Å². The van der Waals surface area contributed by atoms with Gasteiger partial charge in [0.25, 0.3) is 0 Å². The van der Waals surface area contributed by atoms with E-state index in [9.17, 15) is 4.79 Å². The highest BCUT2D eigenvalue weighted by atomic mass is 16.5. The van der Waals surface area contributed by atoms with Crippen LogP contribution in [-0.2, 0) is 11.2 Å². The summed E-state index contributed by atoms with van der Waals surface area (Å²) in [4.78, 5) is 15.2. The average Bonchev–Trinajstić information content (AvgIpc) is 2.76. The normalized spacial score (nSPS) is 17.6. The second kappa shape index (κ2) is 5.72. The fourth-order valence-electron chi connectivity index (χ4n) is 2.75. The van der Waals surface area contributed by atoms with Crippen LogP contribution in [0.2, 0.25) is 0 Å². The van der Waals surface area contributed by atoms with Crippen LogP contribution in [0.1, 0.15) is 70.0 Å². The summed E-state index contributed by atoms with van der Waals surface area (Å²) >= 11 is 0. The molecule has 0 saturated heterocycles. The van der Waals surface area contributed by atoms with Gasteiger partial charge in [-0.25, -0.2) is 0 Å². The van der Waals surface area contributed by atoms with Crippen LogP contribution in [0, 0.1) is 5.41 Å². The first-order chi connectivity index (χ1) is 8.96. The Hall–Kier alpha value is -1.39. The third kappa shape index (κ3) is 4.04. The number of carboxylic acid groups (broad SMARTS) is 1. The Kier molecular flexibility index (Phi) is 4.22. The summed E-state index contributed by atoms with van der Waals surface area (Å²) in [7, 11) is 0. The lowest BCUT2D eigenvalue weighted by atomic mass is 9.85. The molecule has 0 atom stereocenters. The van der Waals surface area contributed by atoms with Gasteiger partial charge >= 0.3 is 5.97 Å². The summed E-state index contributed by atoms with van der Waals surface area (Å²) in [6.07, 6.45) is 6.66. The van der Waals surface area contributed by atoms with E-state index in [4.69, 9.17) is 9.63 Å². The maximum atomic E-state index is 10.8. The van der Waals surface area contributed by atoms with Crippen LogP contribution in [0.5, 0.6) is 0 Å². The zero-order valence-corrected chi connectivity index (χ0v) is 11.7. The van der Waals surface area contributed by atoms with E-state index in [2.05, 4.69) is 10.1 Å². The van der Waals surface area contributed by atoms with Crippen molar-refractivity contribution in [3.05, 3.63) is 11.7 Å². The van der Waals surface area contributed by atoms with Crippen LogP contribution in [0.25, 0.3) is 0 Å². The Bertz CT molecular complexity index is 434. The maximum Gasteiger partial charge on any atom is 0.303 e. The zero-order chi connectivity index (χ0) is 13.9. The molecule has 1 saturated carbocycles. The van der Waals surface area contributed by atoms with E-state index in [-0.39, 0.29) is 11.8 Å². The highest BCUT2D eigenvalue weighted by molar-refractivity contribution is 5.67. The van der Waals surface area contributed by atoms with Crippen molar-refractivity contribution in [2.45, 2.75) is 64.7 Å². The van der Waals surface area contributed by atoms with Crippen LogP contribution in [0.4, 0.5) is 0 Å². The van der Waals surface area contributed by atoms with Gasteiger partial charge in [0.2, 0.25) is 5.89 Å². The third-order valence-corrected chi connectivity index (χ3v) is 3.71. The lowest BCUT2D eigenvalue weighted by Gasteiger charge is -2.19. The Morgan fingerprint density at radius 3 is 2.68 bits per heavy atom. The Morgan fingerprint density at radius 2 is 2.05 bits per heavy atom. The minimum atomic E-state index is -0.794. The zero-order valence-electron chi connectivity index (χ0n) is 11.7. The van der Waals surface area contributed by atoms with E-state index in [0.717, 1.165) is 18.7 Å². The third-order valence-electron chi connectivity index (χ3n) is 3.71. The highest BCUT2D eigenvalue weighted by Gasteiger charge is 2.27. The summed E-state index contributed by atoms with van der Waals surface area (Å²) in [6, 6.07) is 0. The van der Waals surface area contributed by atoms with Crippen LogP contribution < -0.4 is 0 Å². The molecule has 0 aromatic carbocycles. The lowest BCUT2D eigenvalue weighted by Crippen LogP contribution is -2.20. The number of nitrogens with zero attached hydrogens (tertiary/aromatic N) is 2. The number of hydrogen-bond donors (Lipinski definition) is 1. The highest BCUT2D eigenvalue weighted by Crippen LogP contribution is 2.32. The number of aromatic nitrogens is 2. The van der Waals surface area contributed by atoms with Crippen LogP contribution in [0.3, 0.4) is 0 Å². The van der Waals surface area contributed by atoms with Gasteiger partial charge in [-0.15, -0.1) is 0 Å². The molecule has 0 amide bonds. The molecular formula is C14H22N2O3. The molecular weight excluding hydrogens is 244 g/mol. The van der Waals surface area contributed by atoms with Gasteiger partial charge < -0.3 is 9.63 Å². The number of hydrogen-bond acceptors (Lipinski definition) is 4. The van der Waals surface area contributed by atoms with Crippen molar-refractivity contribution >= 4 is 5.97 Å². The molecule has 1 aromatic heterocycles. The quantitative estimate of drug-likeness (QED) is 0.885. The summed E-state index contributed by atoms with van der Waals surface area (Å²) in [5.41, 5.74) is -0.359. The molecule has 1 fully saturated rings. The summed E-state index contributed by atoms with van der Waals surface area (Å²) in [5.74, 6) is 0.999. The van der Waals surface area contributed by atoms with Crippen LogP contribution in [0.15, 0.2) is 4.52 Å². The fourth-order valence-corrected chi connectivity index (χ4v) is 2.75. The van der Waals surface area contributed by atoms with Crippen molar-refractivity contribution in [3.8, 4) is 0 Å².